The second kappa shape index (κ2) is 5.98. The minimum Gasteiger partial charge on any atom is -0.491 e. The van der Waals surface area contributed by atoms with E-state index < -0.39 is 5.60 Å². The van der Waals surface area contributed by atoms with Crippen molar-refractivity contribution in [2.24, 2.45) is 0 Å². The van der Waals surface area contributed by atoms with Crippen molar-refractivity contribution in [2.45, 2.75) is 32.5 Å². The quantitative estimate of drug-likeness (QED) is 0.892. The van der Waals surface area contributed by atoms with Gasteiger partial charge in [0.15, 0.2) is 0 Å². The zero-order valence-corrected chi connectivity index (χ0v) is 13.5. The molecule has 0 aromatic heterocycles. The molecule has 0 aliphatic rings. The summed E-state index contributed by atoms with van der Waals surface area (Å²) in [5.41, 5.74) is 0.663. The number of halogens is 1. The average molecular weight is 335 g/mol. The van der Waals surface area contributed by atoms with E-state index in [0.29, 0.717) is 0 Å². The largest absolute Gasteiger partial charge is 0.491 e. The van der Waals surface area contributed by atoms with E-state index in [1.54, 1.807) is 6.92 Å². The van der Waals surface area contributed by atoms with Gasteiger partial charge in [-0.1, -0.05) is 40.2 Å². The molecule has 3 heteroatoms. The molecule has 0 saturated heterocycles. The van der Waals surface area contributed by atoms with Crippen molar-refractivity contribution in [3.05, 3.63) is 64.1 Å². The third-order valence-electron chi connectivity index (χ3n) is 3.17. The van der Waals surface area contributed by atoms with Gasteiger partial charge in [0.2, 0.25) is 0 Å². The monoisotopic (exact) mass is 334 g/mol. The molecular formula is C17H19BrO2. The Hall–Kier alpha value is -1.32. The summed E-state index contributed by atoms with van der Waals surface area (Å²) in [6.07, 6.45) is 0.145. The molecule has 0 radical (unpaired) electrons. The third kappa shape index (κ3) is 3.41. The van der Waals surface area contributed by atoms with Gasteiger partial charge in [0.1, 0.15) is 11.4 Å². The van der Waals surface area contributed by atoms with Crippen LogP contribution in [0, 0.1) is 0 Å². The molecule has 0 amide bonds. The number of hydrogen-bond acceptors (Lipinski definition) is 2. The van der Waals surface area contributed by atoms with Crippen LogP contribution in [0.3, 0.4) is 0 Å². The Bertz CT molecular complexity index is 574. The van der Waals surface area contributed by atoms with Gasteiger partial charge < -0.3 is 9.84 Å². The number of rotatable bonds is 4. The van der Waals surface area contributed by atoms with Crippen molar-refractivity contribution in [3.8, 4) is 5.75 Å². The Morgan fingerprint density at radius 2 is 1.70 bits per heavy atom. The topological polar surface area (TPSA) is 29.5 Å². The summed E-state index contributed by atoms with van der Waals surface area (Å²) in [5.74, 6) is 0.814. The van der Waals surface area contributed by atoms with E-state index in [4.69, 9.17) is 4.74 Å². The number of aliphatic hydroxyl groups is 1. The summed E-state index contributed by atoms with van der Waals surface area (Å²) in [4.78, 5) is 0. The first-order valence-corrected chi connectivity index (χ1v) is 7.44. The molecule has 0 aliphatic heterocycles. The molecule has 2 nitrogen and oxygen atoms in total. The Morgan fingerprint density at radius 1 is 1.05 bits per heavy atom. The van der Waals surface area contributed by atoms with Crippen LogP contribution < -0.4 is 4.74 Å². The Morgan fingerprint density at radius 3 is 2.25 bits per heavy atom. The SMILES string of the molecule is CC(C)Oc1ccc(C(C)(O)c2cccc(Br)c2)cc1. The summed E-state index contributed by atoms with van der Waals surface area (Å²) in [6.45, 7) is 5.78. The van der Waals surface area contributed by atoms with Crippen LogP contribution in [0.5, 0.6) is 5.75 Å². The molecule has 0 fully saturated rings. The maximum absolute atomic E-state index is 10.8. The lowest BCUT2D eigenvalue weighted by atomic mass is 9.88. The molecule has 2 aromatic carbocycles. The molecule has 0 heterocycles. The molecule has 0 aliphatic carbocycles. The summed E-state index contributed by atoms with van der Waals surface area (Å²) in [6, 6.07) is 15.3. The van der Waals surface area contributed by atoms with Crippen LogP contribution in [0.15, 0.2) is 53.0 Å². The summed E-state index contributed by atoms with van der Waals surface area (Å²) in [7, 11) is 0. The highest BCUT2D eigenvalue weighted by Gasteiger charge is 2.25. The van der Waals surface area contributed by atoms with Crippen LogP contribution in [-0.2, 0) is 5.60 Å². The lowest BCUT2D eigenvalue weighted by molar-refractivity contribution is 0.102. The highest BCUT2D eigenvalue weighted by Crippen LogP contribution is 2.31. The molecule has 1 N–H and O–H groups in total. The predicted molar refractivity (Wildman–Crippen MR) is 85.0 cm³/mol. The minimum absolute atomic E-state index is 0.145. The van der Waals surface area contributed by atoms with Crippen molar-refractivity contribution >= 4 is 15.9 Å². The fourth-order valence-electron chi connectivity index (χ4n) is 2.09. The van der Waals surface area contributed by atoms with E-state index in [2.05, 4.69) is 15.9 Å². The fraction of sp³-hybridized carbons (Fsp3) is 0.294. The Kier molecular flexibility index (Phi) is 4.51. The summed E-state index contributed by atoms with van der Waals surface area (Å²) in [5, 5.41) is 10.8. The van der Waals surface area contributed by atoms with E-state index in [-0.39, 0.29) is 6.10 Å². The van der Waals surface area contributed by atoms with Crippen LogP contribution in [0.25, 0.3) is 0 Å². The van der Waals surface area contributed by atoms with Gasteiger partial charge in [-0.05, 0) is 56.2 Å². The van der Waals surface area contributed by atoms with E-state index in [9.17, 15) is 5.11 Å². The first-order valence-electron chi connectivity index (χ1n) is 6.65. The lowest BCUT2D eigenvalue weighted by Crippen LogP contribution is -2.22. The van der Waals surface area contributed by atoms with Gasteiger partial charge in [0.05, 0.1) is 6.10 Å². The van der Waals surface area contributed by atoms with Crippen molar-refractivity contribution < 1.29 is 9.84 Å². The van der Waals surface area contributed by atoms with Gasteiger partial charge in [0.25, 0.3) is 0 Å². The minimum atomic E-state index is -1.03. The van der Waals surface area contributed by atoms with E-state index in [1.807, 2.05) is 62.4 Å². The van der Waals surface area contributed by atoms with E-state index in [0.717, 1.165) is 21.3 Å². The maximum Gasteiger partial charge on any atom is 0.119 e. The molecule has 20 heavy (non-hydrogen) atoms. The highest BCUT2D eigenvalue weighted by molar-refractivity contribution is 9.10. The number of benzene rings is 2. The highest BCUT2D eigenvalue weighted by atomic mass is 79.9. The number of hydrogen-bond donors (Lipinski definition) is 1. The predicted octanol–water partition coefficient (Wildman–Crippen LogP) is 4.49. The molecule has 0 spiro atoms. The first-order chi connectivity index (χ1) is 9.39. The van der Waals surface area contributed by atoms with Gasteiger partial charge >= 0.3 is 0 Å². The van der Waals surface area contributed by atoms with Crippen LogP contribution in [-0.4, -0.2) is 11.2 Å². The second-order valence-corrected chi connectivity index (χ2v) is 6.19. The van der Waals surface area contributed by atoms with E-state index in [1.165, 1.54) is 0 Å². The smallest absolute Gasteiger partial charge is 0.119 e. The normalized spacial score (nSPS) is 14.1. The van der Waals surface area contributed by atoms with Gasteiger partial charge in [-0.15, -0.1) is 0 Å². The molecular weight excluding hydrogens is 316 g/mol. The van der Waals surface area contributed by atoms with E-state index >= 15 is 0 Å². The fourth-order valence-corrected chi connectivity index (χ4v) is 2.49. The van der Waals surface area contributed by atoms with Gasteiger partial charge in [-0.2, -0.15) is 0 Å². The number of ether oxygens (including phenoxy) is 1. The van der Waals surface area contributed by atoms with Crippen molar-refractivity contribution in [2.75, 3.05) is 0 Å². The summed E-state index contributed by atoms with van der Waals surface area (Å²) < 4.78 is 6.57. The molecule has 1 unspecified atom stereocenters. The molecule has 0 saturated carbocycles. The molecule has 1 atom stereocenters. The average Bonchev–Trinajstić information content (AvgIpc) is 2.38. The van der Waals surface area contributed by atoms with Crippen LogP contribution >= 0.6 is 15.9 Å². The zero-order chi connectivity index (χ0) is 14.8. The van der Waals surface area contributed by atoms with Gasteiger partial charge in [-0.25, -0.2) is 0 Å². The molecule has 2 rings (SSSR count). The maximum atomic E-state index is 10.8. The van der Waals surface area contributed by atoms with Gasteiger partial charge in [0, 0.05) is 4.47 Å². The van der Waals surface area contributed by atoms with Crippen LogP contribution in [0.1, 0.15) is 31.9 Å². The zero-order valence-electron chi connectivity index (χ0n) is 11.9. The van der Waals surface area contributed by atoms with Crippen molar-refractivity contribution in [3.63, 3.8) is 0 Å². The lowest BCUT2D eigenvalue weighted by Gasteiger charge is -2.25. The van der Waals surface area contributed by atoms with Crippen molar-refractivity contribution in [1.82, 2.24) is 0 Å². The van der Waals surface area contributed by atoms with Crippen molar-refractivity contribution in [1.29, 1.82) is 0 Å². The molecule has 0 bridgehead atoms. The van der Waals surface area contributed by atoms with Crippen LogP contribution in [0.4, 0.5) is 0 Å². The molecule has 106 valence electrons. The first kappa shape index (κ1) is 15.1. The van der Waals surface area contributed by atoms with Gasteiger partial charge in [-0.3, -0.25) is 0 Å². The second-order valence-electron chi connectivity index (χ2n) is 5.27. The van der Waals surface area contributed by atoms with Crippen LogP contribution in [0.2, 0.25) is 0 Å². The third-order valence-corrected chi connectivity index (χ3v) is 3.67. The standard InChI is InChI=1S/C17H19BrO2/c1-12(2)20-16-9-7-13(8-10-16)17(3,19)14-5-4-6-15(18)11-14/h4-12,19H,1-3H3. The summed E-state index contributed by atoms with van der Waals surface area (Å²) >= 11 is 3.43. The Balaban J connectivity index is 2.29. The molecule has 2 aromatic rings. The Labute approximate surface area is 128 Å².